The monoisotopic (exact) mass is 181 g/mol. The highest BCUT2D eigenvalue weighted by Gasteiger charge is 2.06. The molecule has 0 N–H and O–H groups in total. The highest BCUT2D eigenvalue weighted by Crippen LogP contribution is 2.32. The highest BCUT2D eigenvalue weighted by atomic mass is 32.2. The van der Waals surface area contributed by atoms with E-state index in [1.165, 1.54) is 11.1 Å². The Morgan fingerprint density at radius 1 is 0.909 bits per heavy atom. The molecule has 1 radical (unpaired) electrons. The average Bonchev–Trinajstić information content (AvgIpc) is 2.28. The van der Waals surface area contributed by atoms with Gasteiger partial charge in [0.1, 0.15) is 0 Å². The minimum Gasteiger partial charge on any atom is -0.141 e. The Morgan fingerprint density at radius 3 is 2.00 bits per heavy atom. The van der Waals surface area contributed by atoms with Crippen molar-refractivity contribution in [2.75, 3.05) is 0 Å². The lowest BCUT2D eigenvalue weighted by Crippen LogP contribution is -1.85. The summed E-state index contributed by atoms with van der Waals surface area (Å²) < 4.78 is 0. The van der Waals surface area contributed by atoms with Crippen LogP contribution in [-0.4, -0.2) is 0 Å². The molecule has 1 aromatic rings. The van der Waals surface area contributed by atoms with Crippen LogP contribution in [0.5, 0.6) is 0 Å². The van der Waals surface area contributed by atoms with Crippen molar-refractivity contribution in [3.63, 3.8) is 0 Å². The minimum absolute atomic E-state index is 1.14. The van der Waals surface area contributed by atoms with Gasteiger partial charge in [-0.15, -0.1) is 23.5 Å². The van der Waals surface area contributed by atoms with Crippen molar-refractivity contribution in [3.8, 4) is 0 Å². The number of hydrogen-bond acceptors (Lipinski definition) is 2. The lowest BCUT2D eigenvalue weighted by Gasteiger charge is -2.01. The standard InChI is InChI=1S/C9H9S2/c1-2-4-9-6-11-7-10-5-8(9)3-1/h1-4,7H,5-6H2. The summed E-state index contributed by atoms with van der Waals surface area (Å²) in [5, 5.41) is 2.24. The van der Waals surface area contributed by atoms with Crippen molar-refractivity contribution < 1.29 is 0 Å². The molecule has 0 bridgehead atoms. The number of benzene rings is 1. The first kappa shape index (κ1) is 7.56. The van der Waals surface area contributed by atoms with Crippen LogP contribution in [0.1, 0.15) is 11.1 Å². The smallest absolute Gasteiger partial charge is 0.0719 e. The fourth-order valence-corrected chi connectivity index (χ4v) is 2.99. The van der Waals surface area contributed by atoms with Crippen LogP contribution < -0.4 is 0 Å². The number of fused-ring (bicyclic) bond motifs is 1. The molecule has 0 aromatic heterocycles. The van der Waals surface area contributed by atoms with E-state index in [1.807, 2.05) is 23.5 Å². The Balaban J connectivity index is 2.33. The van der Waals surface area contributed by atoms with Gasteiger partial charge in [-0.05, 0) is 11.1 Å². The van der Waals surface area contributed by atoms with Crippen molar-refractivity contribution in [2.45, 2.75) is 11.5 Å². The van der Waals surface area contributed by atoms with Crippen LogP contribution >= 0.6 is 23.5 Å². The molecule has 0 nitrogen and oxygen atoms in total. The topological polar surface area (TPSA) is 0 Å². The molecular weight excluding hydrogens is 172 g/mol. The van der Waals surface area contributed by atoms with Crippen LogP contribution in [0.15, 0.2) is 24.3 Å². The lowest BCUT2D eigenvalue weighted by molar-refractivity contribution is 1.29. The summed E-state index contributed by atoms with van der Waals surface area (Å²) in [7, 11) is 0. The number of rotatable bonds is 0. The molecule has 1 aromatic carbocycles. The summed E-state index contributed by atoms with van der Waals surface area (Å²) in [5.74, 6) is 2.28. The Kier molecular flexibility index (Phi) is 2.44. The van der Waals surface area contributed by atoms with Crippen LogP contribution in [-0.2, 0) is 11.5 Å². The fourth-order valence-electron chi connectivity index (χ4n) is 1.13. The fraction of sp³-hybridized carbons (Fsp3) is 0.222. The van der Waals surface area contributed by atoms with Gasteiger partial charge in [0.2, 0.25) is 0 Å². The molecule has 0 aliphatic carbocycles. The molecule has 2 heteroatoms. The molecule has 1 aliphatic rings. The number of hydrogen-bond donors (Lipinski definition) is 0. The van der Waals surface area contributed by atoms with E-state index in [2.05, 4.69) is 29.4 Å². The Hall–Kier alpha value is -0.0800. The van der Waals surface area contributed by atoms with Crippen LogP contribution in [0, 0.1) is 5.08 Å². The third-order valence-corrected chi connectivity index (χ3v) is 3.78. The summed E-state index contributed by atoms with van der Waals surface area (Å²) in [4.78, 5) is 0. The van der Waals surface area contributed by atoms with E-state index < -0.39 is 0 Å². The molecule has 1 aliphatic heterocycles. The molecule has 1 heterocycles. The van der Waals surface area contributed by atoms with E-state index >= 15 is 0 Å². The molecule has 0 spiro atoms. The van der Waals surface area contributed by atoms with E-state index in [0.717, 1.165) is 11.5 Å². The van der Waals surface area contributed by atoms with E-state index in [0.29, 0.717) is 0 Å². The van der Waals surface area contributed by atoms with Crippen LogP contribution in [0.4, 0.5) is 0 Å². The summed E-state index contributed by atoms with van der Waals surface area (Å²) in [6.45, 7) is 0. The Morgan fingerprint density at radius 2 is 1.45 bits per heavy atom. The summed E-state index contributed by atoms with van der Waals surface area (Å²) in [5.41, 5.74) is 3.00. The van der Waals surface area contributed by atoms with Gasteiger partial charge in [-0.1, -0.05) is 24.3 Å². The van der Waals surface area contributed by atoms with E-state index in [-0.39, 0.29) is 0 Å². The maximum atomic E-state index is 2.24. The predicted octanol–water partition coefficient (Wildman–Crippen LogP) is 3.29. The van der Waals surface area contributed by atoms with E-state index in [4.69, 9.17) is 0 Å². The van der Waals surface area contributed by atoms with Gasteiger partial charge < -0.3 is 0 Å². The van der Waals surface area contributed by atoms with Gasteiger partial charge >= 0.3 is 0 Å². The molecule has 0 saturated carbocycles. The molecule has 0 saturated heterocycles. The minimum atomic E-state index is 1.14. The van der Waals surface area contributed by atoms with Crippen LogP contribution in [0.3, 0.4) is 0 Å². The zero-order valence-corrected chi connectivity index (χ0v) is 7.75. The maximum absolute atomic E-state index is 2.24. The molecule has 0 amide bonds. The highest BCUT2D eigenvalue weighted by molar-refractivity contribution is 8.18. The quantitative estimate of drug-likeness (QED) is 0.602. The second kappa shape index (κ2) is 3.55. The van der Waals surface area contributed by atoms with E-state index in [9.17, 15) is 0 Å². The lowest BCUT2D eigenvalue weighted by atomic mass is 10.1. The molecule has 11 heavy (non-hydrogen) atoms. The summed E-state index contributed by atoms with van der Waals surface area (Å²) >= 11 is 3.79. The van der Waals surface area contributed by atoms with Gasteiger partial charge in [-0.25, -0.2) is 0 Å². The number of thioether (sulfide) groups is 2. The van der Waals surface area contributed by atoms with Crippen molar-refractivity contribution in [1.29, 1.82) is 0 Å². The van der Waals surface area contributed by atoms with Gasteiger partial charge in [0.05, 0.1) is 5.08 Å². The largest absolute Gasteiger partial charge is 0.141 e. The van der Waals surface area contributed by atoms with Crippen LogP contribution in [0.25, 0.3) is 0 Å². The SMILES string of the molecule is [CH]1SCc2ccccc2CS1. The second-order valence-corrected chi connectivity index (χ2v) is 4.50. The normalized spacial score (nSPS) is 17.1. The molecular formula is C9H9S2. The summed E-state index contributed by atoms with van der Waals surface area (Å²) in [6.07, 6.45) is 0. The van der Waals surface area contributed by atoms with Crippen molar-refractivity contribution >= 4 is 23.5 Å². The van der Waals surface area contributed by atoms with E-state index in [1.54, 1.807) is 0 Å². The molecule has 0 unspecified atom stereocenters. The first-order valence-electron chi connectivity index (χ1n) is 3.58. The van der Waals surface area contributed by atoms with Crippen molar-refractivity contribution in [2.24, 2.45) is 0 Å². The molecule has 0 atom stereocenters. The van der Waals surface area contributed by atoms with Crippen molar-refractivity contribution in [1.82, 2.24) is 0 Å². The molecule has 2 rings (SSSR count). The van der Waals surface area contributed by atoms with Gasteiger partial charge in [0, 0.05) is 11.5 Å². The zero-order valence-electron chi connectivity index (χ0n) is 6.12. The molecule has 57 valence electrons. The van der Waals surface area contributed by atoms with Gasteiger partial charge in [-0.3, -0.25) is 0 Å². The second-order valence-electron chi connectivity index (χ2n) is 2.49. The van der Waals surface area contributed by atoms with Gasteiger partial charge in [0.25, 0.3) is 0 Å². The first-order chi connectivity index (χ1) is 5.47. The Bertz CT molecular complexity index is 220. The first-order valence-corrected chi connectivity index (χ1v) is 5.68. The van der Waals surface area contributed by atoms with Crippen LogP contribution in [0.2, 0.25) is 0 Å². The third-order valence-electron chi connectivity index (χ3n) is 1.73. The molecule has 0 fully saturated rings. The average molecular weight is 181 g/mol. The predicted molar refractivity (Wildman–Crippen MR) is 53.3 cm³/mol. The maximum Gasteiger partial charge on any atom is 0.0719 e. The zero-order chi connectivity index (χ0) is 7.52. The van der Waals surface area contributed by atoms with Crippen molar-refractivity contribution in [3.05, 3.63) is 40.5 Å². The third kappa shape index (κ3) is 1.74. The van der Waals surface area contributed by atoms with Gasteiger partial charge in [0.15, 0.2) is 0 Å². The Labute approximate surface area is 75.8 Å². The summed E-state index contributed by atoms with van der Waals surface area (Å²) in [6, 6.07) is 8.69. The van der Waals surface area contributed by atoms with Gasteiger partial charge in [-0.2, -0.15) is 0 Å².